The van der Waals surface area contributed by atoms with E-state index in [-0.39, 0.29) is 0 Å². The lowest BCUT2D eigenvalue weighted by Gasteiger charge is -2.12. The van der Waals surface area contributed by atoms with E-state index in [2.05, 4.69) is 37.1 Å². The summed E-state index contributed by atoms with van der Waals surface area (Å²) < 4.78 is 0. The first-order valence-electron chi connectivity index (χ1n) is 6.73. The van der Waals surface area contributed by atoms with Crippen LogP contribution in [0.15, 0.2) is 6.07 Å². The van der Waals surface area contributed by atoms with E-state index in [1.807, 2.05) is 0 Å². The minimum Gasteiger partial charge on any atom is -0.308 e. The minimum absolute atomic E-state index is 0.481. The molecule has 0 spiro atoms. The third-order valence-corrected chi connectivity index (χ3v) is 3.36. The SMILES string of the molecule is Cc1cc(C2CCCC2)nc(CNC(C)C)n1. The maximum Gasteiger partial charge on any atom is 0.142 e. The molecule has 3 nitrogen and oxygen atoms in total. The van der Waals surface area contributed by atoms with E-state index in [1.54, 1.807) is 0 Å². The highest BCUT2D eigenvalue weighted by Gasteiger charge is 2.19. The summed E-state index contributed by atoms with van der Waals surface area (Å²) in [6.45, 7) is 7.14. The van der Waals surface area contributed by atoms with Gasteiger partial charge in [-0.2, -0.15) is 0 Å². The second-order valence-electron chi connectivity index (χ2n) is 5.37. The van der Waals surface area contributed by atoms with E-state index in [1.165, 1.54) is 31.4 Å². The molecule has 1 aromatic heterocycles. The summed E-state index contributed by atoms with van der Waals surface area (Å²) in [5.41, 5.74) is 2.36. The third-order valence-electron chi connectivity index (χ3n) is 3.36. The second kappa shape index (κ2) is 5.58. The van der Waals surface area contributed by atoms with Crippen molar-refractivity contribution in [1.82, 2.24) is 15.3 Å². The van der Waals surface area contributed by atoms with Crippen molar-refractivity contribution in [1.29, 1.82) is 0 Å². The standard InChI is InChI=1S/C14H23N3/c1-10(2)15-9-14-16-11(3)8-13(17-14)12-6-4-5-7-12/h8,10,12,15H,4-7,9H2,1-3H3. The molecule has 0 saturated heterocycles. The fourth-order valence-corrected chi connectivity index (χ4v) is 2.46. The van der Waals surface area contributed by atoms with Crippen molar-refractivity contribution in [2.75, 3.05) is 0 Å². The first-order chi connectivity index (χ1) is 8.15. The summed E-state index contributed by atoms with van der Waals surface area (Å²) in [6, 6.07) is 2.64. The monoisotopic (exact) mass is 233 g/mol. The summed E-state index contributed by atoms with van der Waals surface area (Å²) in [4.78, 5) is 9.22. The van der Waals surface area contributed by atoms with Crippen LogP contribution in [0.1, 0.15) is 62.7 Å². The van der Waals surface area contributed by atoms with E-state index in [4.69, 9.17) is 4.98 Å². The summed E-state index contributed by atoms with van der Waals surface area (Å²) in [5.74, 6) is 1.62. The van der Waals surface area contributed by atoms with Gasteiger partial charge in [0.1, 0.15) is 5.82 Å². The summed E-state index contributed by atoms with van der Waals surface area (Å²) in [6.07, 6.45) is 5.31. The Morgan fingerprint density at radius 2 is 2.00 bits per heavy atom. The van der Waals surface area contributed by atoms with E-state index < -0.39 is 0 Å². The molecule has 17 heavy (non-hydrogen) atoms. The molecule has 0 radical (unpaired) electrons. The Bertz CT molecular complexity index is 368. The van der Waals surface area contributed by atoms with Gasteiger partial charge < -0.3 is 5.32 Å². The van der Waals surface area contributed by atoms with E-state index in [0.29, 0.717) is 12.0 Å². The molecule has 1 heterocycles. The predicted molar refractivity (Wildman–Crippen MR) is 70.0 cm³/mol. The van der Waals surface area contributed by atoms with Gasteiger partial charge in [0.05, 0.1) is 6.54 Å². The average molecular weight is 233 g/mol. The van der Waals surface area contributed by atoms with Crippen LogP contribution in [-0.4, -0.2) is 16.0 Å². The third kappa shape index (κ3) is 3.50. The Labute approximate surface area is 104 Å². The van der Waals surface area contributed by atoms with Crippen LogP contribution >= 0.6 is 0 Å². The number of rotatable bonds is 4. The van der Waals surface area contributed by atoms with E-state index >= 15 is 0 Å². The van der Waals surface area contributed by atoms with Crippen molar-refractivity contribution in [3.8, 4) is 0 Å². The lowest BCUT2D eigenvalue weighted by Crippen LogP contribution is -2.23. The number of nitrogens with one attached hydrogen (secondary N) is 1. The van der Waals surface area contributed by atoms with Crippen LogP contribution < -0.4 is 5.32 Å². The molecule has 1 aromatic rings. The first-order valence-corrected chi connectivity index (χ1v) is 6.73. The quantitative estimate of drug-likeness (QED) is 0.869. The van der Waals surface area contributed by atoms with Crippen molar-refractivity contribution in [2.24, 2.45) is 0 Å². The van der Waals surface area contributed by atoms with Crippen molar-refractivity contribution >= 4 is 0 Å². The smallest absolute Gasteiger partial charge is 0.142 e. The summed E-state index contributed by atoms with van der Waals surface area (Å²) in [5, 5.41) is 3.38. The topological polar surface area (TPSA) is 37.8 Å². The number of aromatic nitrogens is 2. The Morgan fingerprint density at radius 3 is 2.65 bits per heavy atom. The lowest BCUT2D eigenvalue weighted by molar-refractivity contribution is 0.565. The lowest BCUT2D eigenvalue weighted by atomic mass is 10.0. The Balaban J connectivity index is 2.11. The van der Waals surface area contributed by atoms with Gasteiger partial charge in [-0.15, -0.1) is 0 Å². The van der Waals surface area contributed by atoms with Gasteiger partial charge in [0.15, 0.2) is 0 Å². The number of hydrogen-bond acceptors (Lipinski definition) is 3. The van der Waals surface area contributed by atoms with Crippen molar-refractivity contribution in [3.05, 3.63) is 23.3 Å². The van der Waals surface area contributed by atoms with Crippen LogP contribution in [0, 0.1) is 6.92 Å². The number of aryl methyl sites for hydroxylation is 1. The van der Waals surface area contributed by atoms with Crippen molar-refractivity contribution < 1.29 is 0 Å². The highest BCUT2D eigenvalue weighted by molar-refractivity contribution is 5.15. The highest BCUT2D eigenvalue weighted by Crippen LogP contribution is 2.33. The van der Waals surface area contributed by atoms with E-state index in [0.717, 1.165) is 18.1 Å². The molecular formula is C14H23N3. The second-order valence-corrected chi connectivity index (χ2v) is 5.37. The van der Waals surface area contributed by atoms with Crippen molar-refractivity contribution in [3.63, 3.8) is 0 Å². The fourth-order valence-electron chi connectivity index (χ4n) is 2.46. The summed E-state index contributed by atoms with van der Waals surface area (Å²) >= 11 is 0. The van der Waals surface area contributed by atoms with Crippen LogP contribution in [0.4, 0.5) is 0 Å². The van der Waals surface area contributed by atoms with E-state index in [9.17, 15) is 0 Å². The minimum atomic E-state index is 0.481. The molecule has 0 atom stereocenters. The maximum absolute atomic E-state index is 4.71. The van der Waals surface area contributed by atoms with Crippen LogP contribution in [0.3, 0.4) is 0 Å². The van der Waals surface area contributed by atoms with Crippen molar-refractivity contribution in [2.45, 2.75) is 65.0 Å². The largest absolute Gasteiger partial charge is 0.308 e. The molecule has 0 bridgehead atoms. The molecule has 0 aromatic carbocycles. The van der Waals surface area contributed by atoms with Gasteiger partial charge in [0.25, 0.3) is 0 Å². The maximum atomic E-state index is 4.71. The normalized spacial score (nSPS) is 16.9. The summed E-state index contributed by atoms with van der Waals surface area (Å²) in [7, 11) is 0. The molecule has 94 valence electrons. The zero-order valence-electron chi connectivity index (χ0n) is 11.2. The Hall–Kier alpha value is -0.960. The molecule has 2 rings (SSSR count). The van der Waals surface area contributed by atoms with Gasteiger partial charge in [0, 0.05) is 23.3 Å². The Morgan fingerprint density at radius 1 is 1.29 bits per heavy atom. The number of hydrogen-bond donors (Lipinski definition) is 1. The first kappa shape index (κ1) is 12.5. The van der Waals surface area contributed by atoms with Gasteiger partial charge in [0.2, 0.25) is 0 Å². The van der Waals surface area contributed by atoms with Gasteiger partial charge in [-0.05, 0) is 25.8 Å². The fraction of sp³-hybridized carbons (Fsp3) is 0.714. The molecule has 1 fully saturated rings. The van der Waals surface area contributed by atoms with Crippen LogP contribution in [0.25, 0.3) is 0 Å². The van der Waals surface area contributed by atoms with Crippen LogP contribution in [-0.2, 0) is 6.54 Å². The van der Waals surface area contributed by atoms with Crippen LogP contribution in [0.2, 0.25) is 0 Å². The van der Waals surface area contributed by atoms with Gasteiger partial charge >= 0.3 is 0 Å². The zero-order chi connectivity index (χ0) is 12.3. The molecule has 3 heteroatoms. The molecule has 0 unspecified atom stereocenters. The molecule has 1 N–H and O–H groups in total. The van der Waals surface area contributed by atoms with Crippen LogP contribution in [0.5, 0.6) is 0 Å². The molecule has 0 amide bonds. The predicted octanol–water partition coefficient (Wildman–Crippen LogP) is 2.94. The highest BCUT2D eigenvalue weighted by atomic mass is 15.0. The Kier molecular flexibility index (Phi) is 4.11. The zero-order valence-corrected chi connectivity index (χ0v) is 11.2. The molecule has 0 aliphatic heterocycles. The van der Waals surface area contributed by atoms with Gasteiger partial charge in [-0.3, -0.25) is 0 Å². The van der Waals surface area contributed by atoms with Gasteiger partial charge in [-0.1, -0.05) is 26.7 Å². The molecule has 1 aliphatic carbocycles. The molecule has 1 aliphatic rings. The molecule has 1 saturated carbocycles. The number of nitrogens with zero attached hydrogens (tertiary/aromatic N) is 2. The average Bonchev–Trinajstić information content (AvgIpc) is 2.79. The van der Waals surface area contributed by atoms with Gasteiger partial charge in [-0.25, -0.2) is 9.97 Å². The molecular weight excluding hydrogens is 210 g/mol.